The molecule has 0 bridgehead atoms. The molecule has 1 heterocycles. The maximum Gasteiger partial charge on any atom is 0.288 e. The Kier molecular flexibility index (Phi) is 5.24. The van der Waals surface area contributed by atoms with E-state index < -0.39 is 28.8 Å². The van der Waals surface area contributed by atoms with Gasteiger partial charge in [-0.25, -0.2) is 9.87 Å². The quantitative estimate of drug-likeness (QED) is 0.752. The summed E-state index contributed by atoms with van der Waals surface area (Å²) in [6.45, 7) is 0.356. The van der Waals surface area contributed by atoms with Crippen LogP contribution in [0.1, 0.15) is 23.2 Å². The summed E-state index contributed by atoms with van der Waals surface area (Å²) in [6, 6.07) is 3.70. The van der Waals surface area contributed by atoms with Crippen molar-refractivity contribution in [2.45, 2.75) is 12.8 Å². The van der Waals surface area contributed by atoms with Crippen LogP contribution in [-0.4, -0.2) is 17.1 Å². The molecule has 0 saturated heterocycles. The Morgan fingerprint density at radius 1 is 1.38 bits per heavy atom. The summed E-state index contributed by atoms with van der Waals surface area (Å²) >= 11 is 5.69. The lowest BCUT2D eigenvalue weighted by Crippen LogP contribution is -2.30. The van der Waals surface area contributed by atoms with Gasteiger partial charge >= 0.3 is 0 Å². The van der Waals surface area contributed by atoms with E-state index in [4.69, 9.17) is 16.4 Å². The third-order valence-corrected chi connectivity index (χ3v) is 4.17. The molecule has 0 aliphatic heterocycles. The molecular formula is C17H16ClF2N3O3. The first-order valence-corrected chi connectivity index (χ1v) is 8.28. The van der Waals surface area contributed by atoms with E-state index >= 15 is 0 Å². The fourth-order valence-electron chi connectivity index (χ4n) is 2.28. The number of amides is 1. The Balaban J connectivity index is 1.92. The number of aryl methyl sites for hydroxylation is 1. The summed E-state index contributed by atoms with van der Waals surface area (Å²) in [6.07, 6.45) is 3.22. The Morgan fingerprint density at radius 2 is 2.12 bits per heavy atom. The SMILES string of the molecule is Cn1cc(C(=O)NOCC2CC2)c(Nc2ccc(Cl)cc2F)c(F)c1=O. The average molecular weight is 384 g/mol. The van der Waals surface area contributed by atoms with Crippen molar-refractivity contribution in [3.8, 4) is 0 Å². The van der Waals surface area contributed by atoms with Crippen molar-refractivity contribution in [1.29, 1.82) is 0 Å². The minimum absolute atomic E-state index is 0.130. The van der Waals surface area contributed by atoms with Crippen molar-refractivity contribution in [2.75, 3.05) is 11.9 Å². The Bertz CT molecular complexity index is 913. The van der Waals surface area contributed by atoms with Crippen LogP contribution in [0, 0.1) is 17.6 Å². The molecule has 2 N–H and O–H groups in total. The number of rotatable bonds is 6. The molecule has 3 rings (SSSR count). The lowest BCUT2D eigenvalue weighted by Gasteiger charge is -2.15. The molecule has 1 aliphatic rings. The summed E-state index contributed by atoms with van der Waals surface area (Å²) in [5.41, 5.74) is 0.485. The number of anilines is 2. The first-order chi connectivity index (χ1) is 12.4. The normalized spacial score (nSPS) is 13.5. The minimum atomic E-state index is -1.21. The molecular weight excluding hydrogens is 368 g/mol. The molecule has 138 valence electrons. The number of halogens is 3. The van der Waals surface area contributed by atoms with Gasteiger partial charge in [-0.15, -0.1) is 0 Å². The second kappa shape index (κ2) is 7.43. The molecule has 9 heteroatoms. The van der Waals surface area contributed by atoms with E-state index in [1.165, 1.54) is 19.2 Å². The smallest absolute Gasteiger partial charge is 0.288 e. The van der Waals surface area contributed by atoms with Gasteiger partial charge in [-0.05, 0) is 37.0 Å². The fourth-order valence-corrected chi connectivity index (χ4v) is 2.44. The molecule has 1 amide bonds. The van der Waals surface area contributed by atoms with Gasteiger partial charge in [-0.3, -0.25) is 14.4 Å². The van der Waals surface area contributed by atoms with Crippen LogP contribution >= 0.6 is 11.6 Å². The van der Waals surface area contributed by atoms with Gasteiger partial charge in [0.1, 0.15) is 5.82 Å². The van der Waals surface area contributed by atoms with Crippen molar-refractivity contribution in [3.63, 3.8) is 0 Å². The number of carbonyl (C=O) groups is 1. The number of pyridine rings is 1. The zero-order valence-electron chi connectivity index (χ0n) is 13.8. The molecule has 0 spiro atoms. The number of hydrogen-bond acceptors (Lipinski definition) is 4. The zero-order chi connectivity index (χ0) is 18.8. The minimum Gasteiger partial charge on any atom is -0.350 e. The van der Waals surface area contributed by atoms with Crippen molar-refractivity contribution in [1.82, 2.24) is 10.0 Å². The molecule has 1 aliphatic carbocycles. The molecule has 1 aromatic carbocycles. The van der Waals surface area contributed by atoms with Crippen molar-refractivity contribution in [3.05, 3.63) is 57.0 Å². The van der Waals surface area contributed by atoms with Gasteiger partial charge in [-0.1, -0.05) is 11.6 Å². The van der Waals surface area contributed by atoms with Gasteiger partial charge in [0.25, 0.3) is 11.5 Å². The van der Waals surface area contributed by atoms with E-state index in [2.05, 4.69) is 10.8 Å². The number of nitrogens with zero attached hydrogens (tertiary/aromatic N) is 1. The average Bonchev–Trinajstić information content (AvgIpc) is 3.41. The third-order valence-electron chi connectivity index (χ3n) is 3.94. The number of hydrogen-bond donors (Lipinski definition) is 2. The van der Waals surface area contributed by atoms with Crippen molar-refractivity contribution in [2.24, 2.45) is 13.0 Å². The maximum absolute atomic E-state index is 14.5. The van der Waals surface area contributed by atoms with E-state index in [1.54, 1.807) is 0 Å². The Hall–Kier alpha value is -2.45. The fraction of sp³-hybridized carbons (Fsp3) is 0.294. The zero-order valence-corrected chi connectivity index (χ0v) is 14.6. The second-order valence-corrected chi connectivity index (χ2v) is 6.52. The lowest BCUT2D eigenvalue weighted by molar-refractivity contribution is 0.0270. The summed E-state index contributed by atoms with van der Waals surface area (Å²) in [5, 5.41) is 2.61. The highest BCUT2D eigenvalue weighted by Gasteiger charge is 2.24. The van der Waals surface area contributed by atoms with Crippen LogP contribution in [-0.2, 0) is 11.9 Å². The standard InChI is InChI=1S/C17H16ClF2N3O3/c1-23-7-11(16(24)22-26-8-9-2-3-9)15(14(20)17(23)25)21-13-5-4-10(18)6-12(13)19/h4-7,9,21H,2-3,8H2,1H3,(H,22,24). The van der Waals surface area contributed by atoms with Crippen LogP contribution in [0.3, 0.4) is 0 Å². The van der Waals surface area contributed by atoms with Gasteiger partial charge in [0.05, 0.1) is 23.5 Å². The predicted octanol–water partition coefficient (Wildman–Crippen LogP) is 3.13. The maximum atomic E-state index is 14.5. The predicted molar refractivity (Wildman–Crippen MR) is 92.5 cm³/mol. The number of nitrogens with one attached hydrogen (secondary N) is 2. The Morgan fingerprint density at radius 3 is 2.77 bits per heavy atom. The van der Waals surface area contributed by atoms with E-state index in [0.717, 1.165) is 29.7 Å². The van der Waals surface area contributed by atoms with E-state index in [0.29, 0.717) is 12.5 Å². The highest BCUT2D eigenvalue weighted by atomic mass is 35.5. The van der Waals surface area contributed by atoms with Gasteiger partial charge < -0.3 is 9.88 Å². The molecule has 26 heavy (non-hydrogen) atoms. The Labute approximate surface area is 152 Å². The molecule has 0 radical (unpaired) electrons. The lowest BCUT2D eigenvalue weighted by atomic mass is 10.2. The third kappa shape index (κ3) is 4.03. The molecule has 0 unspecified atom stereocenters. The molecule has 1 fully saturated rings. The van der Waals surface area contributed by atoms with Gasteiger partial charge in [0, 0.05) is 18.3 Å². The van der Waals surface area contributed by atoms with E-state index in [9.17, 15) is 18.4 Å². The van der Waals surface area contributed by atoms with Gasteiger partial charge in [-0.2, -0.15) is 4.39 Å². The van der Waals surface area contributed by atoms with Crippen LogP contribution in [0.4, 0.5) is 20.2 Å². The molecule has 1 saturated carbocycles. The van der Waals surface area contributed by atoms with Crippen LogP contribution < -0.4 is 16.4 Å². The largest absolute Gasteiger partial charge is 0.350 e. The van der Waals surface area contributed by atoms with Crippen LogP contribution in [0.5, 0.6) is 0 Å². The van der Waals surface area contributed by atoms with Crippen LogP contribution in [0.15, 0.2) is 29.2 Å². The summed E-state index contributed by atoms with van der Waals surface area (Å²) in [5.74, 6) is -2.31. The van der Waals surface area contributed by atoms with Crippen molar-refractivity contribution >= 4 is 28.9 Å². The topological polar surface area (TPSA) is 72.4 Å². The molecule has 0 atom stereocenters. The highest BCUT2D eigenvalue weighted by molar-refractivity contribution is 6.30. The van der Waals surface area contributed by atoms with E-state index in [-0.39, 0.29) is 16.3 Å². The summed E-state index contributed by atoms with van der Waals surface area (Å²) < 4.78 is 29.4. The summed E-state index contributed by atoms with van der Waals surface area (Å²) in [4.78, 5) is 29.3. The second-order valence-electron chi connectivity index (χ2n) is 6.08. The number of aromatic nitrogens is 1. The number of hydroxylamine groups is 1. The van der Waals surface area contributed by atoms with E-state index in [1.807, 2.05) is 0 Å². The first-order valence-electron chi connectivity index (χ1n) is 7.90. The molecule has 1 aromatic heterocycles. The monoisotopic (exact) mass is 383 g/mol. The number of carbonyl (C=O) groups excluding carboxylic acids is 1. The van der Waals surface area contributed by atoms with Crippen LogP contribution in [0.2, 0.25) is 5.02 Å². The van der Waals surface area contributed by atoms with Crippen LogP contribution in [0.25, 0.3) is 0 Å². The molecule has 2 aromatic rings. The molecule has 6 nitrogen and oxygen atoms in total. The number of benzene rings is 1. The summed E-state index contributed by atoms with van der Waals surface area (Å²) in [7, 11) is 1.31. The highest BCUT2D eigenvalue weighted by Crippen LogP contribution is 2.29. The van der Waals surface area contributed by atoms with Crippen molar-refractivity contribution < 1.29 is 18.4 Å². The van der Waals surface area contributed by atoms with Gasteiger partial charge in [0.15, 0.2) is 0 Å². The van der Waals surface area contributed by atoms with Gasteiger partial charge in [0.2, 0.25) is 5.82 Å². The first kappa shape index (κ1) is 18.3.